The topological polar surface area (TPSA) is 23.1 Å². The number of hydrogen-bond acceptors (Lipinski definition) is 1. The molecule has 2 atom stereocenters. The van der Waals surface area contributed by atoms with Gasteiger partial charge in [-0.2, -0.15) is 13.2 Å². The average molecular weight is 182 g/mol. The Hall–Kier alpha value is -0.290. The molecule has 0 aromatic heterocycles. The summed E-state index contributed by atoms with van der Waals surface area (Å²) in [7, 11) is 1.41. The predicted octanol–water partition coefficient (Wildman–Crippen LogP) is 1.44. The van der Waals surface area contributed by atoms with E-state index in [0.717, 1.165) is 0 Å². The van der Waals surface area contributed by atoms with Gasteiger partial charge in [0, 0.05) is 13.0 Å². The van der Waals surface area contributed by atoms with Crippen LogP contribution in [0.1, 0.15) is 12.8 Å². The van der Waals surface area contributed by atoms with Crippen LogP contribution >= 0.6 is 0 Å². The van der Waals surface area contributed by atoms with Gasteiger partial charge >= 0.3 is 6.18 Å². The monoisotopic (exact) mass is 182 g/mol. The maximum Gasteiger partial charge on any atom is 0.404 e. The van der Waals surface area contributed by atoms with Gasteiger partial charge in [-0.05, 0) is 13.5 Å². The van der Waals surface area contributed by atoms with E-state index in [0.29, 0.717) is 6.42 Å². The number of halogens is 3. The smallest absolute Gasteiger partial charge is 0.295 e. The molecule has 0 spiro atoms. The van der Waals surface area contributed by atoms with Crippen LogP contribution in [0.25, 0.3) is 0 Å². The van der Waals surface area contributed by atoms with Gasteiger partial charge in [0.05, 0.1) is 6.10 Å². The van der Waals surface area contributed by atoms with Crippen molar-refractivity contribution in [3.8, 4) is 0 Å². The van der Waals surface area contributed by atoms with Crippen LogP contribution in [-0.4, -0.2) is 36.8 Å². The third kappa shape index (κ3) is 2.10. The maximum atomic E-state index is 12.2. The van der Waals surface area contributed by atoms with E-state index in [-0.39, 0.29) is 13.0 Å². The molecule has 0 saturated carbocycles. The van der Waals surface area contributed by atoms with E-state index < -0.39 is 18.3 Å². The highest BCUT2D eigenvalue weighted by Gasteiger charge is 2.45. The van der Waals surface area contributed by atoms with Crippen molar-refractivity contribution in [1.82, 2.24) is 4.90 Å². The first-order valence-electron chi connectivity index (χ1n) is 3.84. The summed E-state index contributed by atoms with van der Waals surface area (Å²) in [4.78, 5) is 1.20. The van der Waals surface area contributed by atoms with E-state index in [2.05, 4.69) is 0 Å². The molecule has 2 nitrogen and oxygen atoms in total. The van der Waals surface area contributed by atoms with Gasteiger partial charge in [-0.1, -0.05) is 0 Å². The second-order valence-electron chi connectivity index (χ2n) is 3.18. The molecule has 0 bridgehead atoms. The first-order valence-corrected chi connectivity index (χ1v) is 3.84. The molecule has 1 fully saturated rings. The molecule has 0 N–H and O–H groups in total. The molecule has 1 aliphatic rings. The van der Waals surface area contributed by atoms with Crippen molar-refractivity contribution in [1.29, 1.82) is 0 Å². The summed E-state index contributed by atoms with van der Waals surface area (Å²) in [5.74, 6) is 0. The van der Waals surface area contributed by atoms with E-state index in [1.807, 2.05) is 0 Å². The minimum absolute atomic E-state index is 0.248. The Morgan fingerprint density at radius 1 is 1.42 bits per heavy atom. The van der Waals surface area contributed by atoms with Crippen LogP contribution in [0.15, 0.2) is 0 Å². The Kier molecular flexibility index (Phi) is 2.63. The van der Waals surface area contributed by atoms with Crippen LogP contribution in [0, 0.1) is 0 Å². The van der Waals surface area contributed by atoms with Crippen LogP contribution < -0.4 is 0 Å². The Morgan fingerprint density at radius 3 is 2.42 bits per heavy atom. The molecule has 1 heterocycles. The maximum absolute atomic E-state index is 12.2. The summed E-state index contributed by atoms with van der Waals surface area (Å²) in [5, 5.41) is 10.8. The first kappa shape index (κ1) is 9.80. The number of nitrogens with zero attached hydrogens (tertiary/aromatic N) is 1. The highest BCUT2D eigenvalue weighted by Crippen LogP contribution is 2.30. The summed E-state index contributed by atoms with van der Waals surface area (Å²) >= 11 is 0. The van der Waals surface area contributed by atoms with Crippen molar-refractivity contribution in [3.63, 3.8) is 0 Å². The van der Waals surface area contributed by atoms with Gasteiger partial charge in [0.1, 0.15) is 6.04 Å². The molecule has 0 aromatic carbocycles. The van der Waals surface area contributed by atoms with E-state index in [4.69, 9.17) is 0 Å². The Balaban J connectivity index is 2.61. The van der Waals surface area contributed by atoms with Crippen LogP contribution in [0.2, 0.25) is 0 Å². The number of piperidine rings is 1. The predicted molar refractivity (Wildman–Crippen MR) is 36.2 cm³/mol. The molecule has 0 amide bonds. The van der Waals surface area contributed by atoms with Crippen molar-refractivity contribution in [2.75, 3.05) is 13.6 Å². The highest BCUT2D eigenvalue weighted by molar-refractivity contribution is 4.84. The fourth-order valence-electron chi connectivity index (χ4n) is 1.43. The van der Waals surface area contributed by atoms with Crippen molar-refractivity contribution < 1.29 is 18.3 Å². The summed E-state index contributed by atoms with van der Waals surface area (Å²) in [5.41, 5.74) is 0. The first-order chi connectivity index (χ1) is 5.41. The minimum Gasteiger partial charge on any atom is -0.295 e. The molecule has 12 heavy (non-hydrogen) atoms. The number of rotatable bonds is 0. The quantitative estimate of drug-likeness (QED) is 0.556. The molecule has 71 valence electrons. The van der Waals surface area contributed by atoms with Crippen molar-refractivity contribution in [3.05, 3.63) is 0 Å². The molecule has 0 aliphatic carbocycles. The molecule has 1 rings (SSSR count). The minimum atomic E-state index is -4.25. The zero-order chi connectivity index (χ0) is 9.35. The van der Waals surface area contributed by atoms with Gasteiger partial charge < -0.3 is 0 Å². The highest BCUT2D eigenvalue weighted by atomic mass is 19.4. The molecule has 1 radical (unpaired) electrons. The van der Waals surface area contributed by atoms with Gasteiger partial charge in [0.15, 0.2) is 0 Å². The zero-order valence-electron chi connectivity index (χ0n) is 6.77. The summed E-state index contributed by atoms with van der Waals surface area (Å²) in [6.07, 6.45) is -5.28. The molecule has 1 aliphatic heterocycles. The van der Waals surface area contributed by atoms with Gasteiger partial charge in [0.25, 0.3) is 0 Å². The molecule has 0 aromatic rings. The number of hydrogen-bond donors (Lipinski definition) is 0. The molecule has 2 unspecified atom stereocenters. The van der Waals surface area contributed by atoms with E-state index in [1.54, 1.807) is 0 Å². The third-order valence-electron chi connectivity index (χ3n) is 2.20. The zero-order valence-corrected chi connectivity index (χ0v) is 6.77. The molecular formula is C7H11F3NO. The Morgan fingerprint density at radius 2 is 2.00 bits per heavy atom. The standard InChI is InChI=1S/C7H11F3NO/c1-11-3-2-5(12)4-6(11)7(8,9)10/h5-6H,2-4H2,1H3. The largest absolute Gasteiger partial charge is 0.404 e. The van der Waals surface area contributed by atoms with Crippen molar-refractivity contribution in [2.45, 2.75) is 31.2 Å². The lowest BCUT2D eigenvalue weighted by Gasteiger charge is -2.35. The number of alkyl halides is 3. The molecular weight excluding hydrogens is 171 g/mol. The lowest BCUT2D eigenvalue weighted by molar-refractivity contribution is -0.199. The van der Waals surface area contributed by atoms with Gasteiger partial charge in [-0.3, -0.25) is 4.90 Å². The van der Waals surface area contributed by atoms with E-state index >= 15 is 0 Å². The Labute approximate surface area is 69.0 Å². The summed E-state index contributed by atoms with van der Waals surface area (Å²) in [6, 6.07) is -1.53. The normalized spacial score (nSPS) is 33.8. The van der Waals surface area contributed by atoms with Crippen LogP contribution in [-0.2, 0) is 5.11 Å². The molecule has 5 heteroatoms. The third-order valence-corrected chi connectivity index (χ3v) is 2.20. The lowest BCUT2D eigenvalue weighted by Crippen LogP contribution is -2.49. The SMILES string of the molecule is CN1CCC([O])CC1C(F)(F)F. The van der Waals surface area contributed by atoms with Crippen LogP contribution in [0.3, 0.4) is 0 Å². The van der Waals surface area contributed by atoms with E-state index in [1.165, 1.54) is 11.9 Å². The van der Waals surface area contributed by atoms with Crippen molar-refractivity contribution in [2.24, 2.45) is 0 Å². The molecule has 1 saturated heterocycles. The average Bonchev–Trinajstić information content (AvgIpc) is 1.92. The second-order valence-corrected chi connectivity index (χ2v) is 3.18. The van der Waals surface area contributed by atoms with Crippen LogP contribution in [0.4, 0.5) is 13.2 Å². The second kappa shape index (κ2) is 3.22. The summed E-state index contributed by atoms with van der Waals surface area (Å²) in [6.45, 7) is 0.248. The van der Waals surface area contributed by atoms with Gasteiger partial charge in [-0.15, -0.1) is 0 Å². The van der Waals surface area contributed by atoms with E-state index in [9.17, 15) is 18.3 Å². The Bertz CT molecular complexity index is 159. The van der Waals surface area contributed by atoms with Crippen LogP contribution in [0.5, 0.6) is 0 Å². The van der Waals surface area contributed by atoms with Gasteiger partial charge in [0.2, 0.25) is 0 Å². The number of likely N-dealkylation sites (tertiary alicyclic amines) is 1. The lowest BCUT2D eigenvalue weighted by atomic mass is 10.00. The van der Waals surface area contributed by atoms with Gasteiger partial charge in [-0.25, -0.2) is 5.11 Å². The van der Waals surface area contributed by atoms with Crippen molar-refractivity contribution >= 4 is 0 Å². The fraction of sp³-hybridized carbons (Fsp3) is 1.00. The summed E-state index contributed by atoms with van der Waals surface area (Å²) < 4.78 is 36.6. The fourth-order valence-corrected chi connectivity index (χ4v) is 1.43.